The largest absolute Gasteiger partial charge is 0.382 e. The quantitative estimate of drug-likeness (QED) is 0.726. The highest BCUT2D eigenvalue weighted by Crippen LogP contribution is 2.40. The number of allylic oxidation sites excluding steroid dienone is 1. The van der Waals surface area contributed by atoms with Crippen LogP contribution in [0, 0.1) is 0 Å². The molecule has 2 aliphatic carbocycles. The molecule has 0 aliphatic heterocycles. The van der Waals surface area contributed by atoms with Gasteiger partial charge in [0.25, 0.3) is 0 Å². The van der Waals surface area contributed by atoms with Crippen molar-refractivity contribution in [2.45, 2.75) is 18.6 Å². The minimum Gasteiger partial charge on any atom is -0.382 e. The summed E-state index contributed by atoms with van der Waals surface area (Å²) in [6.45, 7) is 3.61. The molecule has 0 amide bonds. The Balaban J connectivity index is 2.09. The van der Waals surface area contributed by atoms with Crippen LogP contribution in [0.3, 0.4) is 0 Å². The van der Waals surface area contributed by atoms with Crippen LogP contribution in [0.1, 0.15) is 11.1 Å². The Morgan fingerprint density at radius 1 is 0.958 bits per heavy atom. The molecule has 0 heterocycles. The number of carbonyl (C=O) groups is 2. The number of ketones is 2. The lowest BCUT2D eigenvalue weighted by Crippen LogP contribution is -2.46. The molecule has 2 aliphatic rings. The molecule has 0 radical (unpaired) electrons. The van der Waals surface area contributed by atoms with Gasteiger partial charge in [-0.05, 0) is 28.0 Å². The number of aliphatic hydroxyl groups excluding tert-OH is 2. The van der Waals surface area contributed by atoms with Gasteiger partial charge in [0.1, 0.15) is 0 Å². The molecule has 2 atom stereocenters. The Morgan fingerprint density at radius 3 is 2.17 bits per heavy atom. The fraction of sp³-hybridized carbons (Fsp3) is 0.150. The summed E-state index contributed by atoms with van der Waals surface area (Å²) in [5.41, 5.74) is 5.01. The van der Waals surface area contributed by atoms with Gasteiger partial charge in [0.2, 0.25) is 0 Å². The molecule has 4 rings (SSSR count). The molecule has 118 valence electrons. The summed E-state index contributed by atoms with van der Waals surface area (Å²) < 4.78 is 0. The van der Waals surface area contributed by atoms with Gasteiger partial charge in [0.05, 0.1) is 0 Å². The summed E-state index contributed by atoms with van der Waals surface area (Å²) in [7, 11) is 0. The van der Waals surface area contributed by atoms with E-state index in [4.69, 9.17) is 0 Å². The number of benzene rings is 2. The zero-order chi connectivity index (χ0) is 17.0. The molecule has 4 nitrogen and oxygen atoms in total. The number of hydrogen-bond donors (Lipinski definition) is 2. The third-order valence-corrected chi connectivity index (χ3v) is 4.70. The monoisotopic (exact) mass is 318 g/mol. The smallest absolute Gasteiger partial charge is 0.196 e. The number of rotatable bonds is 0. The van der Waals surface area contributed by atoms with E-state index in [0.29, 0.717) is 17.6 Å². The van der Waals surface area contributed by atoms with Crippen molar-refractivity contribution < 1.29 is 19.8 Å². The van der Waals surface area contributed by atoms with Crippen LogP contribution in [-0.4, -0.2) is 34.0 Å². The predicted molar refractivity (Wildman–Crippen MR) is 89.3 cm³/mol. The lowest BCUT2D eigenvalue weighted by atomic mass is 9.72. The zero-order valence-corrected chi connectivity index (χ0v) is 12.7. The van der Waals surface area contributed by atoms with E-state index in [9.17, 15) is 19.8 Å². The minimum absolute atomic E-state index is 0.135. The Kier molecular flexibility index (Phi) is 3.15. The molecular formula is C20H14O4. The summed E-state index contributed by atoms with van der Waals surface area (Å²) in [5.74, 6) is -1.29. The summed E-state index contributed by atoms with van der Waals surface area (Å²) in [6, 6.07) is 11.6. The van der Waals surface area contributed by atoms with E-state index in [-0.39, 0.29) is 11.1 Å². The van der Waals surface area contributed by atoms with Gasteiger partial charge < -0.3 is 10.2 Å². The lowest BCUT2D eigenvalue weighted by Gasteiger charge is -2.31. The molecule has 0 aromatic heterocycles. The Labute approximate surface area is 138 Å². The molecule has 2 unspecified atom stereocenters. The minimum atomic E-state index is -1.74. The normalized spacial score (nSPS) is 23.2. The SMILES string of the molecule is C=C=C1Cc2cc3ccccc3cc2C2=C1C(=O)C(O)C(O)C2=O. The summed E-state index contributed by atoms with van der Waals surface area (Å²) in [6.07, 6.45) is -3.06. The van der Waals surface area contributed by atoms with Crippen LogP contribution < -0.4 is 0 Å². The van der Waals surface area contributed by atoms with Crippen molar-refractivity contribution >= 4 is 27.9 Å². The van der Waals surface area contributed by atoms with E-state index < -0.39 is 23.8 Å². The van der Waals surface area contributed by atoms with Crippen molar-refractivity contribution in [3.8, 4) is 0 Å². The van der Waals surface area contributed by atoms with Crippen LogP contribution in [0.25, 0.3) is 16.3 Å². The Morgan fingerprint density at radius 2 is 1.54 bits per heavy atom. The first-order valence-corrected chi connectivity index (χ1v) is 7.63. The van der Waals surface area contributed by atoms with E-state index >= 15 is 0 Å². The van der Waals surface area contributed by atoms with Crippen molar-refractivity contribution in [1.29, 1.82) is 0 Å². The summed E-state index contributed by atoms with van der Waals surface area (Å²) in [4.78, 5) is 25.0. The van der Waals surface area contributed by atoms with E-state index in [1.807, 2.05) is 36.4 Å². The molecular weight excluding hydrogens is 304 g/mol. The van der Waals surface area contributed by atoms with Crippen LogP contribution in [0.4, 0.5) is 0 Å². The van der Waals surface area contributed by atoms with Gasteiger partial charge in [0, 0.05) is 23.1 Å². The lowest BCUT2D eigenvalue weighted by molar-refractivity contribution is -0.139. The maximum atomic E-state index is 12.6. The molecule has 0 spiro atoms. The molecule has 0 fully saturated rings. The van der Waals surface area contributed by atoms with Crippen molar-refractivity contribution in [2.24, 2.45) is 0 Å². The molecule has 2 N–H and O–H groups in total. The van der Waals surface area contributed by atoms with Crippen LogP contribution in [0.5, 0.6) is 0 Å². The van der Waals surface area contributed by atoms with Crippen molar-refractivity contribution in [2.75, 3.05) is 0 Å². The fourth-order valence-corrected chi connectivity index (χ4v) is 3.49. The van der Waals surface area contributed by atoms with Crippen molar-refractivity contribution in [3.63, 3.8) is 0 Å². The first kappa shape index (κ1) is 14.8. The van der Waals surface area contributed by atoms with Gasteiger partial charge in [-0.1, -0.05) is 36.9 Å². The zero-order valence-electron chi connectivity index (χ0n) is 12.7. The molecule has 4 heteroatoms. The van der Waals surface area contributed by atoms with Crippen LogP contribution in [-0.2, 0) is 16.0 Å². The van der Waals surface area contributed by atoms with Crippen molar-refractivity contribution in [3.05, 3.63) is 71.0 Å². The van der Waals surface area contributed by atoms with E-state index in [0.717, 1.165) is 16.3 Å². The standard InChI is InChI=1S/C20H14O4/c1-2-10-7-13-8-11-5-3-4-6-12(11)9-14(13)16-15(10)17(21)19(23)20(24)18(16)22/h3-6,8-9,19-20,23-24H,1,7H2. The number of fused-ring (bicyclic) bond motifs is 3. The van der Waals surface area contributed by atoms with E-state index in [1.54, 1.807) is 0 Å². The number of Topliss-reactive ketones (excluding diaryl/α,β-unsaturated/α-hetero) is 2. The van der Waals surface area contributed by atoms with Gasteiger partial charge in [-0.15, -0.1) is 5.73 Å². The molecule has 0 bridgehead atoms. The highest BCUT2D eigenvalue weighted by atomic mass is 16.3. The highest BCUT2D eigenvalue weighted by molar-refractivity contribution is 6.35. The second kappa shape index (κ2) is 5.11. The maximum Gasteiger partial charge on any atom is 0.196 e. The molecule has 2 aromatic carbocycles. The fourth-order valence-electron chi connectivity index (χ4n) is 3.49. The van der Waals surface area contributed by atoms with Gasteiger partial charge >= 0.3 is 0 Å². The summed E-state index contributed by atoms with van der Waals surface area (Å²) >= 11 is 0. The third kappa shape index (κ3) is 1.88. The third-order valence-electron chi connectivity index (χ3n) is 4.70. The van der Waals surface area contributed by atoms with Crippen LogP contribution in [0.2, 0.25) is 0 Å². The first-order chi connectivity index (χ1) is 11.5. The van der Waals surface area contributed by atoms with E-state index in [1.165, 1.54) is 0 Å². The van der Waals surface area contributed by atoms with Crippen LogP contribution >= 0.6 is 0 Å². The average molecular weight is 318 g/mol. The second-order valence-electron chi connectivity index (χ2n) is 6.06. The average Bonchev–Trinajstić information content (AvgIpc) is 2.61. The molecule has 0 saturated carbocycles. The summed E-state index contributed by atoms with van der Waals surface area (Å²) in [5, 5.41) is 21.8. The van der Waals surface area contributed by atoms with Crippen LogP contribution in [0.15, 0.2) is 59.9 Å². The van der Waals surface area contributed by atoms with Gasteiger partial charge in [-0.2, -0.15) is 0 Å². The number of aliphatic hydroxyl groups is 2. The molecule has 24 heavy (non-hydrogen) atoms. The molecule has 0 saturated heterocycles. The topological polar surface area (TPSA) is 74.6 Å². The molecule has 2 aromatic rings. The van der Waals surface area contributed by atoms with Gasteiger partial charge in [0.15, 0.2) is 23.8 Å². The number of hydrogen-bond acceptors (Lipinski definition) is 4. The Hall–Kier alpha value is -2.78. The predicted octanol–water partition coefficient (Wildman–Crippen LogP) is 1.73. The highest BCUT2D eigenvalue weighted by Gasteiger charge is 2.44. The van der Waals surface area contributed by atoms with Gasteiger partial charge in [-0.3, -0.25) is 9.59 Å². The first-order valence-electron chi connectivity index (χ1n) is 7.63. The van der Waals surface area contributed by atoms with Gasteiger partial charge in [-0.25, -0.2) is 0 Å². The number of carbonyl (C=O) groups excluding carboxylic acids is 2. The Bertz CT molecular complexity index is 1010. The maximum absolute atomic E-state index is 12.6. The van der Waals surface area contributed by atoms with Crippen molar-refractivity contribution in [1.82, 2.24) is 0 Å². The van der Waals surface area contributed by atoms with E-state index in [2.05, 4.69) is 12.3 Å². The second-order valence-corrected chi connectivity index (χ2v) is 6.06.